The smallest absolute Gasteiger partial charge is 0.259 e. The van der Waals surface area contributed by atoms with E-state index in [9.17, 15) is 4.79 Å². The number of ether oxygens (including phenoxy) is 1. The summed E-state index contributed by atoms with van der Waals surface area (Å²) in [6, 6.07) is 9.77. The van der Waals surface area contributed by atoms with Crippen molar-refractivity contribution in [3.8, 4) is 11.8 Å². The molecule has 0 aromatic heterocycles. The molecule has 4 heteroatoms. The number of carbonyl (C=O) groups excluding carboxylic acids is 1. The number of nitrogens with one attached hydrogen (secondary N) is 1. The molecule has 1 unspecified atom stereocenters. The molecule has 4 nitrogen and oxygen atoms in total. The molecule has 0 radical (unpaired) electrons. The molecule has 0 aliphatic heterocycles. The molecular weight excluding hydrogens is 252 g/mol. The monoisotopic (exact) mass is 274 g/mol. The first kappa shape index (κ1) is 16.0. The van der Waals surface area contributed by atoms with Crippen molar-refractivity contribution < 1.29 is 9.53 Å². The fourth-order valence-corrected chi connectivity index (χ4v) is 1.60. The Balaban J connectivity index is 2.53. The maximum Gasteiger partial charge on any atom is 0.259 e. The number of hydrogen-bond acceptors (Lipinski definition) is 3. The molecule has 1 rings (SSSR count). The number of amides is 1. The van der Waals surface area contributed by atoms with E-state index in [1.165, 1.54) is 5.56 Å². The van der Waals surface area contributed by atoms with E-state index < -0.39 is 5.54 Å². The third kappa shape index (κ3) is 4.27. The Labute approximate surface area is 120 Å². The van der Waals surface area contributed by atoms with Gasteiger partial charge in [0.05, 0.1) is 6.07 Å². The van der Waals surface area contributed by atoms with Crippen LogP contribution < -0.4 is 10.1 Å². The lowest BCUT2D eigenvalue weighted by Gasteiger charge is -2.27. The SMILES string of the molecule is CCc1ccc(OCC(=O)NC(C)(C#N)C(C)C)cc1. The molecule has 0 aliphatic rings. The third-order valence-electron chi connectivity index (χ3n) is 3.49. The summed E-state index contributed by atoms with van der Waals surface area (Å²) in [7, 11) is 0. The first-order chi connectivity index (χ1) is 9.41. The van der Waals surface area contributed by atoms with Gasteiger partial charge in [-0.3, -0.25) is 4.79 Å². The van der Waals surface area contributed by atoms with Crippen molar-refractivity contribution in [2.75, 3.05) is 6.61 Å². The van der Waals surface area contributed by atoms with E-state index in [1.807, 2.05) is 38.1 Å². The fourth-order valence-electron chi connectivity index (χ4n) is 1.60. The second-order valence-electron chi connectivity index (χ2n) is 5.30. The third-order valence-corrected chi connectivity index (χ3v) is 3.49. The number of aryl methyl sites for hydroxylation is 1. The number of nitriles is 1. The summed E-state index contributed by atoms with van der Waals surface area (Å²) < 4.78 is 5.42. The van der Waals surface area contributed by atoms with Crippen LogP contribution >= 0.6 is 0 Å². The van der Waals surface area contributed by atoms with Crippen LogP contribution in [0, 0.1) is 17.2 Å². The molecule has 1 atom stereocenters. The van der Waals surface area contributed by atoms with Crippen molar-refractivity contribution >= 4 is 5.91 Å². The van der Waals surface area contributed by atoms with Gasteiger partial charge >= 0.3 is 0 Å². The van der Waals surface area contributed by atoms with Crippen LogP contribution in [0.3, 0.4) is 0 Å². The summed E-state index contributed by atoms with van der Waals surface area (Å²) >= 11 is 0. The van der Waals surface area contributed by atoms with Gasteiger partial charge in [-0.15, -0.1) is 0 Å². The zero-order valence-electron chi connectivity index (χ0n) is 12.6. The summed E-state index contributed by atoms with van der Waals surface area (Å²) in [5.74, 6) is 0.392. The summed E-state index contributed by atoms with van der Waals surface area (Å²) in [6.45, 7) is 7.50. The largest absolute Gasteiger partial charge is 0.484 e. The van der Waals surface area contributed by atoms with Crippen molar-refractivity contribution in [1.29, 1.82) is 5.26 Å². The lowest BCUT2D eigenvalue weighted by atomic mass is 9.90. The Hall–Kier alpha value is -2.02. The Morgan fingerprint density at radius 2 is 2.00 bits per heavy atom. The van der Waals surface area contributed by atoms with Crippen LogP contribution in [-0.2, 0) is 11.2 Å². The second-order valence-corrected chi connectivity index (χ2v) is 5.30. The first-order valence-corrected chi connectivity index (χ1v) is 6.85. The van der Waals surface area contributed by atoms with E-state index in [2.05, 4.69) is 18.3 Å². The highest BCUT2D eigenvalue weighted by atomic mass is 16.5. The number of rotatable bonds is 6. The van der Waals surface area contributed by atoms with Gasteiger partial charge in [-0.05, 0) is 37.0 Å². The maximum absolute atomic E-state index is 11.8. The standard InChI is InChI=1S/C16H22N2O2/c1-5-13-6-8-14(9-7-13)20-10-15(19)18-16(4,11-17)12(2)3/h6-9,12H,5,10H2,1-4H3,(H,18,19). The molecule has 20 heavy (non-hydrogen) atoms. The summed E-state index contributed by atoms with van der Waals surface area (Å²) in [4.78, 5) is 11.8. The van der Waals surface area contributed by atoms with Gasteiger partial charge in [0.15, 0.2) is 6.61 Å². The highest BCUT2D eigenvalue weighted by Gasteiger charge is 2.29. The lowest BCUT2D eigenvalue weighted by Crippen LogP contribution is -2.50. The van der Waals surface area contributed by atoms with Gasteiger partial charge in [0.2, 0.25) is 0 Å². The molecule has 0 saturated carbocycles. The summed E-state index contributed by atoms with van der Waals surface area (Å²) in [5.41, 5.74) is 0.352. The molecule has 0 fully saturated rings. The van der Waals surface area contributed by atoms with Gasteiger partial charge in [0.1, 0.15) is 11.3 Å². The van der Waals surface area contributed by atoms with Gasteiger partial charge in [-0.2, -0.15) is 5.26 Å². The normalized spacial score (nSPS) is 13.4. The van der Waals surface area contributed by atoms with Crippen LogP contribution in [-0.4, -0.2) is 18.1 Å². The molecular formula is C16H22N2O2. The van der Waals surface area contributed by atoms with Crippen LogP contribution in [0.25, 0.3) is 0 Å². The quantitative estimate of drug-likeness (QED) is 0.867. The molecule has 1 N–H and O–H groups in total. The van der Waals surface area contributed by atoms with Crippen LogP contribution in [0.4, 0.5) is 0 Å². The van der Waals surface area contributed by atoms with Gasteiger partial charge < -0.3 is 10.1 Å². The van der Waals surface area contributed by atoms with Gasteiger partial charge in [-0.1, -0.05) is 32.9 Å². The van der Waals surface area contributed by atoms with Crippen molar-refractivity contribution in [2.24, 2.45) is 5.92 Å². The van der Waals surface area contributed by atoms with E-state index in [4.69, 9.17) is 10.00 Å². The molecule has 1 aromatic carbocycles. The topological polar surface area (TPSA) is 62.1 Å². The molecule has 1 aromatic rings. The van der Waals surface area contributed by atoms with E-state index in [1.54, 1.807) is 6.92 Å². The number of hydrogen-bond donors (Lipinski definition) is 1. The molecule has 0 heterocycles. The zero-order chi connectivity index (χ0) is 15.2. The lowest BCUT2D eigenvalue weighted by molar-refractivity contribution is -0.124. The van der Waals surface area contributed by atoms with Crippen LogP contribution in [0.2, 0.25) is 0 Å². The predicted molar refractivity (Wildman–Crippen MR) is 78.3 cm³/mol. The van der Waals surface area contributed by atoms with Crippen molar-refractivity contribution in [3.63, 3.8) is 0 Å². The first-order valence-electron chi connectivity index (χ1n) is 6.85. The molecule has 108 valence electrons. The van der Waals surface area contributed by atoms with E-state index in [-0.39, 0.29) is 18.4 Å². The fraction of sp³-hybridized carbons (Fsp3) is 0.500. The van der Waals surface area contributed by atoms with Crippen molar-refractivity contribution in [2.45, 2.75) is 39.7 Å². The van der Waals surface area contributed by atoms with Crippen LogP contribution in [0.15, 0.2) is 24.3 Å². The highest BCUT2D eigenvalue weighted by molar-refractivity contribution is 5.78. The average molecular weight is 274 g/mol. The Morgan fingerprint density at radius 1 is 1.40 bits per heavy atom. The zero-order valence-corrected chi connectivity index (χ0v) is 12.6. The number of nitrogens with zero attached hydrogens (tertiary/aromatic N) is 1. The van der Waals surface area contributed by atoms with Crippen molar-refractivity contribution in [3.05, 3.63) is 29.8 Å². The minimum absolute atomic E-state index is 0.0280. The van der Waals surface area contributed by atoms with Gasteiger partial charge in [-0.25, -0.2) is 0 Å². The Morgan fingerprint density at radius 3 is 2.45 bits per heavy atom. The minimum atomic E-state index is -0.869. The van der Waals surface area contributed by atoms with Crippen molar-refractivity contribution in [1.82, 2.24) is 5.32 Å². The molecule has 0 bridgehead atoms. The highest BCUT2D eigenvalue weighted by Crippen LogP contribution is 2.15. The summed E-state index contributed by atoms with van der Waals surface area (Å²) in [5, 5.41) is 11.9. The second kappa shape index (κ2) is 6.95. The maximum atomic E-state index is 11.8. The van der Waals surface area contributed by atoms with Crippen LogP contribution in [0.5, 0.6) is 5.75 Å². The number of benzene rings is 1. The molecule has 0 aliphatic carbocycles. The summed E-state index contributed by atoms with van der Waals surface area (Å²) in [6.07, 6.45) is 0.968. The predicted octanol–water partition coefficient (Wildman–Crippen LogP) is 2.68. The molecule has 0 saturated heterocycles. The Bertz CT molecular complexity index is 488. The molecule has 0 spiro atoms. The van der Waals surface area contributed by atoms with E-state index in [0.29, 0.717) is 5.75 Å². The van der Waals surface area contributed by atoms with Gasteiger partial charge in [0, 0.05) is 0 Å². The number of carbonyl (C=O) groups is 1. The van der Waals surface area contributed by atoms with Gasteiger partial charge in [0.25, 0.3) is 5.91 Å². The minimum Gasteiger partial charge on any atom is -0.484 e. The van der Waals surface area contributed by atoms with E-state index >= 15 is 0 Å². The molecule has 1 amide bonds. The average Bonchev–Trinajstić information content (AvgIpc) is 2.45. The van der Waals surface area contributed by atoms with Crippen LogP contribution in [0.1, 0.15) is 33.3 Å². The van der Waals surface area contributed by atoms with E-state index in [0.717, 1.165) is 6.42 Å². The Kier molecular flexibility index (Phi) is 5.57.